The fraction of sp³-hybridized carbons (Fsp3) is 0.0476. The van der Waals surface area contributed by atoms with Crippen molar-refractivity contribution < 1.29 is 17.6 Å². The highest BCUT2D eigenvalue weighted by Gasteiger charge is 2.17. The van der Waals surface area contributed by atoms with Gasteiger partial charge in [0.1, 0.15) is 5.82 Å². The first-order valence-corrected chi connectivity index (χ1v) is 10.5. The van der Waals surface area contributed by atoms with Crippen LogP contribution in [0, 0.1) is 12.7 Å². The molecule has 9 heteroatoms. The van der Waals surface area contributed by atoms with E-state index < -0.39 is 21.7 Å². The molecule has 4 rings (SSSR count). The number of H-pyrrole nitrogens is 1. The Morgan fingerprint density at radius 1 is 1.03 bits per heavy atom. The number of aromatic nitrogens is 2. The van der Waals surface area contributed by atoms with E-state index in [1.165, 1.54) is 24.3 Å². The van der Waals surface area contributed by atoms with Crippen molar-refractivity contribution in [1.82, 2.24) is 9.97 Å². The second-order valence-electron chi connectivity index (χ2n) is 6.65. The average molecular weight is 424 g/mol. The van der Waals surface area contributed by atoms with E-state index in [9.17, 15) is 17.6 Å². The molecule has 7 nitrogen and oxygen atoms in total. The molecule has 0 aliphatic rings. The van der Waals surface area contributed by atoms with E-state index in [0.29, 0.717) is 11.1 Å². The minimum absolute atomic E-state index is 0.174. The van der Waals surface area contributed by atoms with Crippen LogP contribution >= 0.6 is 0 Å². The Kier molecular flexibility index (Phi) is 4.96. The molecule has 1 aromatic heterocycles. The van der Waals surface area contributed by atoms with Crippen molar-refractivity contribution in [2.45, 2.75) is 11.8 Å². The summed E-state index contributed by atoms with van der Waals surface area (Å²) in [7, 11) is -4.01. The van der Waals surface area contributed by atoms with Gasteiger partial charge in [0.05, 0.1) is 15.9 Å². The zero-order valence-corrected chi connectivity index (χ0v) is 16.6. The van der Waals surface area contributed by atoms with Gasteiger partial charge in [-0.05, 0) is 55.0 Å². The SMILES string of the molecule is Cc1ccc(S(=O)(=O)Nc2cccc(C(=O)Nc3nc4ccccc4[nH]3)c2)cc1F. The smallest absolute Gasteiger partial charge is 0.261 e. The summed E-state index contributed by atoms with van der Waals surface area (Å²) in [5.74, 6) is -0.796. The average Bonchev–Trinajstić information content (AvgIpc) is 3.12. The van der Waals surface area contributed by atoms with Crippen LogP contribution in [0.25, 0.3) is 11.0 Å². The number of halogens is 1. The summed E-state index contributed by atoms with van der Waals surface area (Å²) < 4.78 is 41.2. The standard InChI is InChI=1S/C21H17FN4O3S/c1-13-9-10-16(12-17(13)22)30(28,29)26-15-6-4-5-14(11-15)20(27)25-21-23-18-7-2-3-8-19(18)24-21/h2-12,26H,1H3,(H2,23,24,25,27). The van der Waals surface area contributed by atoms with Gasteiger partial charge in [-0.1, -0.05) is 24.3 Å². The third kappa shape index (κ3) is 4.01. The Hall–Kier alpha value is -3.72. The van der Waals surface area contributed by atoms with Crippen LogP contribution in [0.4, 0.5) is 16.0 Å². The van der Waals surface area contributed by atoms with Crippen LogP contribution in [-0.4, -0.2) is 24.3 Å². The Morgan fingerprint density at radius 2 is 1.83 bits per heavy atom. The number of rotatable bonds is 5. The Labute approximate surface area is 172 Å². The number of anilines is 2. The fourth-order valence-corrected chi connectivity index (χ4v) is 3.93. The zero-order valence-electron chi connectivity index (χ0n) is 15.8. The topological polar surface area (TPSA) is 104 Å². The lowest BCUT2D eigenvalue weighted by molar-refractivity contribution is 0.102. The van der Waals surface area contributed by atoms with Crippen molar-refractivity contribution in [3.63, 3.8) is 0 Å². The third-order valence-electron chi connectivity index (χ3n) is 4.45. The maximum absolute atomic E-state index is 13.7. The molecule has 3 N–H and O–H groups in total. The molecule has 1 amide bonds. The molecule has 4 aromatic rings. The van der Waals surface area contributed by atoms with E-state index in [1.807, 2.05) is 24.3 Å². The number of aryl methyl sites for hydroxylation is 1. The van der Waals surface area contributed by atoms with Crippen LogP contribution in [0.5, 0.6) is 0 Å². The monoisotopic (exact) mass is 424 g/mol. The van der Waals surface area contributed by atoms with Crippen LogP contribution in [0.15, 0.2) is 71.6 Å². The number of para-hydroxylation sites is 2. The molecule has 152 valence electrons. The van der Waals surface area contributed by atoms with E-state index in [2.05, 4.69) is 20.0 Å². The molecule has 0 aliphatic carbocycles. The summed E-state index contributed by atoms with van der Waals surface area (Å²) in [5, 5.41) is 2.65. The Bertz CT molecular complexity index is 1330. The maximum Gasteiger partial charge on any atom is 0.261 e. The van der Waals surface area contributed by atoms with Gasteiger partial charge in [0.25, 0.3) is 15.9 Å². The summed E-state index contributed by atoms with van der Waals surface area (Å²) in [5.41, 5.74) is 2.23. The molecule has 0 atom stereocenters. The molecule has 0 saturated carbocycles. The first-order valence-electron chi connectivity index (χ1n) is 8.97. The van der Waals surface area contributed by atoms with Crippen molar-refractivity contribution in [3.05, 3.63) is 83.7 Å². The predicted octanol–water partition coefficient (Wildman–Crippen LogP) is 4.06. The van der Waals surface area contributed by atoms with Gasteiger partial charge >= 0.3 is 0 Å². The highest BCUT2D eigenvalue weighted by atomic mass is 32.2. The van der Waals surface area contributed by atoms with E-state index >= 15 is 0 Å². The molecule has 0 spiro atoms. The molecule has 0 bridgehead atoms. The Balaban J connectivity index is 1.54. The minimum Gasteiger partial charge on any atom is -0.324 e. The summed E-state index contributed by atoms with van der Waals surface area (Å²) in [6.07, 6.45) is 0. The number of imidazole rings is 1. The highest BCUT2D eigenvalue weighted by molar-refractivity contribution is 7.92. The second kappa shape index (κ2) is 7.60. The lowest BCUT2D eigenvalue weighted by Crippen LogP contribution is -2.16. The molecule has 0 saturated heterocycles. The summed E-state index contributed by atoms with van der Waals surface area (Å²) in [6.45, 7) is 1.54. The van der Waals surface area contributed by atoms with Gasteiger partial charge in [-0.3, -0.25) is 14.8 Å². The van der Waals surface area contributed by atoms with Crippen molar-refractivity contribution in [3.8, 4) is 0 Å². The number of hydrogen-bond acceptors (Lipinski definition) is 4. The van der Waals surface area contributed by atoms with Crippen LogP contribution in [0.3, 0.4) is 0 Å². The van der Waals surface area contributed by atoms with Crippen LogP contribution in [0.2, 0.25) is 0 Å². The number of sulfonamides is 1. The van der Waals surface area contributed by atoms with Gasteiger partial charge in [0.2, 0.25) is 5.95 Å². The highest BCUT2D eigenvalue weighted by Crippen LogP contribution is 2.20. The number of fused-ring (bicyclic) bond motifs is 1. The molecule has 3 aromatic carbocycles. The number of nitrogens with one attached hydrogen (secondary N) is 3. The number of benzene rings is 3. The molecular weight excluding hydrogens is 407 g/mol. The number of hydrogen-bond donors (Lipinski definition) is 3. The molecule has 0 aliphatic heterocycles. The largest absolute Gasteiger partial charge is 0.324 e. The first kappa shape index (κ1) is 19.6. The van der Waals surface area contributed by atoms with Crippen molar-refractivity contribution in [2.24, 2.45) is 0 Å². The van der Waals surface area contributed by atoms with Crippen LogP contribution in [0.1, 0.15) is 15.9 Å². The summed E-state index contributed by atoms with van der Waals surface area (Å²) in [6, 6.07) is 17.0. The van der Waals surface area contributed by atoms with Gasteiger partial charge in [-0.15, -0.1) is 0 Å². The normalized spacial score (nSPS) is 11.4. The summed E-state index contributed by atoms with van der Waals surface area (Å²) in [4.78, 5) is 19.6. The predicted molar refractivity (Wildman–Crippen MR) is 112 cm³/mol. The van der Waals surface area contributed by atoms with Gasteiger partial charge in [0, 0.05) is 11.3 Å². The lowest BCUT2D eigenvalue weighted by atomic mass is 10.2. The molecular formula is C21H17FN4O3S. The zero-order chi connectivity index (χ0) is 21.3. The van der Waals surface area contributed by atoms with E-state index in [4.69, 9.17) is 0 Å². The molecule has 0 unspecified atom stereocenters. The number of nitrogens with zero attached hydrogens (tertiary/aromatic N) is 1. The van der Waals surface area contributed by atoms with E-state index in [-0.39, 0.29) is 22.1 Å². The molecule has 1 heterocycles. The minimum atomic E-state index is -4.01. The van der Waals surface area contributed by atoms with Crippen molar-refractivity contribution >= 4 is 38.6 Å². The van der Waals surface area contributed by atoms with Gasteiger partial charge in [-0.25, -0.2) is 17.8 Å². The molecule has 0 fully saturated rings. The lowest BCUT2D eigenvalue weighted by Gasteiger charge is -2.10. The number of carbonyl (C=O) groups excluding carboxylic acids is 1. The van der Waals surface area contributed by atoms with Crippen molar-refractivity contribution in [1.29, 1.82) is 0 Å². The second-order valence-corrected chi connectivity index (χ2v) is 8.34. The molecule has 0 radical (unpaired) electrons. The quantitative estimate of drug-likeness (QED) is 0.449. The van der Waals surface area contributed by atoms with Gasteiger partial charge in [-0.2, -0.15) is 0 Å². The number of carbonyl (C=O) groups is 1. The number of amides is 1. The summed E-state index contributed by atoms with van der Waals surface area (Å²) >= 11 is 0. The first-order chi connectivity index (χ1) is 14.3. The number of aromatic amines is 1. The van der Waals surface area contributed by atoms with Crippen molar-refractivity contribution in [2.75, 3.05) is 10.0 Å². The molecule has 30 heavy (non-hydrogen) atoms. The maximum atomic E-state index is 13.7. The Morgan fingerprint density at radius 3 is 2.60 bits per heavy atom. The van der Waals surface area contributed by atoms with Crippen LogP contribution in [-0.2, 0) is 10.0 Å². The van der Waals surface area contributed by atoms with E-state index in [0.717, 1.165) is 11.6 Å². The van der Waals surface area contributed by atoms with E-state index in [1.54, 1.807) is 19.1 Å². The fourth-order valence-electron chi connectivity index (χ4n) is 2.87. The van der Waals surface area contributed by atoms with Crippen LogP contribution < -0.4 is 10.0 Å². The third-order valence-corrected chi connectivity index (χ3v) is 5.83. The van der Waals surface area contributed by atoms with Gasteiger partial charge in [0.15, 0.2) is 0 Å². The van der Waals surface area contributed by atoms with Gasteiger partial charge < -0.3 is 4.98 Å².